The highest BCUT2D eigenvalue weighted by atomic mass is 35.5. The third kappa shape index (κ3) is 5.66. The summed E-state index contributed by atoms with van der Waals surface area (Å²) in [7, 11) is 0. The van der Waals surface area contributed by atoms with Crippen LogP contribution in [0.4, 0.5) is 13.2 Å². The van der Waals surface area contributed by atoms with Crippen LogP contribution in [0.2, 0.25) is 5.02 Å². The first-order valence-electron chi connectivity index (χ1n) is 9.37. The van der Waals surface area contributed by atoms with E-state index in [2.05, 4.69) is 0 Å². The fourth-order valence-corrected chi connectivity index (χ4v) is 3.25. The van der Waals surface area contributed by atoms with E-state index in [4.69, 9.17) is 16.3 Å². The monoisotopic (exact) mass is 440 g/mol. The van der Waals surface area contributed by atoms with Crippen LogP contribution in [0, 0.1) is 0 Å². The minimum atomic E-state index is -4.45. The minimum Gasteiger partial charge on any atom is -0.484 e. The number of amides is 2. The Morgan fingerprint density at radius 3 is 2.13 bits per heavy atom. The van der Waals surface area contributed by atoms with Crippen LogP contribution in [0.3, 0.4) is 0 Å². The Bertz CT molecular complexity index is 886. The fraction of sp³-hybridized carbons (Fsp3) is 0.333. The van der Waals surface area contributed by atoms with E-state index >= 15 is 0 Å². The van der Waals surface area contributed by atoms with Gasteiger partial charge in [-0.15, -0.1) is 0 Å². The fourth-order valence-electron chi connectivity index (χ4n) is 3.12. The SMILES string of the molecule is O=C(COc1ccc(Cl)cc1)N1CCCN(C(=O)c2ccc(C(F)(F)F)cc2)CC1. The summed E-state index contributed by atoms with van der Waals surface area (Å²) >= 11 is 5.81. The smallest absolute Gasteiger partial charge is 0.416 e. The Labute approximate surface area is 177 Å². The largest absolute Gasteiger partial charge is 0.484 e. The van der Waals surface area contributed by atoms with Gasteiger partial charge in [0.2, 0.25) is 0 Å². The number of benzene rings is 2. The number of ether oxygens (including phenoxy) is 1. The topological polar surface area (TPSA) is 49.9 Å². The number of nitrogens with zero attached hydrogens (tertiary/aromatic N) is 2. The molecule has 9 heteroatoms. The first kappa shape index (κ1) is 22.0. The molecule has 0 unspecified atom stereocenters. The van der Waals surface area contributed by atoms with Gasteiger partial charge in [-0.3, -0.25) is 9.59 Å². The number of carbonyl (C=O) groups excluding carboxylic acids is 2. The van der Waals surface area contributed by atoms with Crippen molar-refractivity contribution in [1.29, 1.82) is 0 Å². The van der Waals surface area contributed by atoms with E-state index in [9.17, 15) is 22.8 Å². The van der Waals surface area contributed by atoms with Crippen LogP contribution in [0.1, 0.15) is 22.3 Å². The quantitative estimate of drug-likeness (QED) is 0.719. The molecule has 0 aliphatic carbocycles. The predicted molar refractivity (Wildman–Crippen MR) is 105 cm³/mol. The molecule has 30 heavy (non-hydrogen) atoms. The highest BCUT2D eigenvalue weighted by molar-refractivity contribution is 6.30. The lowest BCUT2D eigenvalue weighted by Crippen LogP contribution is -2.39. The first-order valence-corrected chi connectivity index (χ1v) is 9.74. The van der Waals surface area contributed by atoms with Gasteiger partial charge in [-0.25, -0.2) is 0 Å². The van der Waals surface area contributed by atoms with E-state index < -0.39 is 11.7 Å². The Balaban J connectivity index is 1.54. The van der Waals surface area contributed by atoms with E-state index in [1.165, 1.54) is 12.1 Å². The van der Waals surface area contributed by atoms with Crippen LogP contribution in [0.25, 0.3) is 0 Å². The number of hydrogen-bond donors (Lipinski definition) is 0. The van der Waals surface area contributed by atoms with Crippen LogP contribution < -0.4 is 4.74 Å². The second-order valence-corrected chi connectivity index (χ2v) is 7.28. The summed E-state index contributed by atoms with van der Waals surface area (Å²) in [6, 6.07) is 10.8. The molecule has 1 aliphatic rings. The standard InChI is InChI=1S/C21H20ClF3N2O3/c22-17-6-8-18(9-7-17)30-14-19(28)26-10-1-11-27(13-12-26)20(29)15-2-4-16(5-3-15)21(23,24)25/h2-9H,1,10-14H2. The van der Waals surface area contributed by atoms with Gasteiger partial charge in [-0.2, -0.15) is 13.2 Å². The maximum Gasteiger partial charge on any atom is 0.416 e. The zero-order valence-electron chi connectivity index (χ0n) is 16.0. The Morgan fingerprint density at radius 2 is 1.50 bits per heavy atom. The van der Waals surface area contributed by atoms with Gasteiger partial charge in [0.25, 0.3) is 11.8 Å². The molecule has 2 aromatic rings. The van der Waals surface area contributed by atoms with Crippen LogP contribution in [0.15, 0.2) is 48.5 Å². The summed E-state index contributed by atoms with van der Waals surface area (Å²) in [5, 5.41) is 0.569. The maximum absolute atomic E-state index is 12.7. The van der Waals surface area contributed by atoms with Gasteiger partial charge in [-0.1, -0.05) is 11.6 Å². The Kier molecular flexibility index (Phi) is 6.87. The van der Waals surface area contributed by atoms with Crippen LogP contribution in [-0.4, -0.2) is 54.4 Å². The van der Waals surface area contributed by atoms with Crippen molar-refractivity contribution in [2.45, 2.75) is 12.6 Å². The number of halogens is 4. The molecular weight excluding hydrogens is 421 g/mol. The molecule has 1 fully saturated rings. The van der Waals surface area contributed by atoms with Gasteiger partial charge in [0, 0.05) is 36.8 Å². The molecule has 3 rings (SSSR count). The van der Waals surface area contributed by atoms with E-state index in [0.29, 0.717) is 43.4 Å². The lowest BCUT2D eigenvalue weighted by atomic mass is 10.1. The minimum absolute atomic E-state index is 0.130. The van der Waals surface area contributed by atoms with Gasteiger partial charge in [0.1, 0.15) is 5.75 Å². The molecule has 0 saturated carbocycles. The molecule has 1 heterocycles. The zero-order chi connectivity index (χ0) is 21.7. The highest BCUT2D eigenvalue weighted by Gasteiger charge is 2.30. The van der Waals surface area contributed by atoms with E-state index in [1.807, 2.05) is 0 Å². The molecule has 2 aromatic carbocycles. The molecule has 0 spiro atoms. The van der Waals surface area contributed by atoms with Crippen molar-refractivity contribution in [1.82, 2.24) is 9.80 Å². The summed E-state index contributed by atoms with van der Waals surface area (Å²) in [5.74, 6) is -0.0223. The maximum atomic E-state index is 12.7. The highest BCUT2D eigenvalue weighted by Crippen LogP contribution is 2.29. The van der Waals surface area contributed by atoms with Gasteiger partial charge < -0.3 is 14.5 Å². The summed E-state index contributed by atoms with van der Waals surface area (Å²) in [5.41, 5.74) is -0.610. The normalized spacial score (nSPS) is 14.9. The van der Waals surface area contributed by atoms with Crippen molar-refractivity contribution in [2.75, 3.05) is 32.8 Å². The third-order valence-corrected chi connectivity index (χ3v) is 5.02. The second-order valence-electron chi connectivity index (χ2n) is 6.84. The Hall–Kier alpha value is -2.74. The van der Waals surface area contributed by atoms with E-state index in [-0.39, 0.29) is 24.0 Å². The lowest BCUT2D eigenvalue weighted by Gasteiger charge is -2.22. The molecule has 5 nitrogen and oxygen atoms in total. The molecule has 0 aromatic heterocycles. The number of rotatable bonds is 4. The molecule has 0 atom stereocenters. The van der Waals surface area contributed by atoms with Crippen molar-refractivity contribution in [3.8, 4) is 5.75 Å². The average Bonchev–Trinajstić information content (AvgIpc) is 2.98. The van der Waals surface area contributed by atoms with Crippen LogP contribution in [-0.2, 0) is 11.0 Å². The lowest BCUT2D eigenvalue weighted by molar-refractivity contribution is -0.137. The first-order chi connectivity index (χ1) is 14.2. The summed E-state index contributed by atoms with van der Waals surface area (Å²) < 4.78 is 43.5. The molecule has 0 radical (unpaired) electrons. The second kappa shape index (κ2) is 9.38. The third-order valence-electron chi connectivity index (χ3n) is 4.77. The van der Waals surface area contributed by atoms with Gasteiger partial charge in [0.05, 0.1) is 5.56 Å². The van der Waals surface area contributed by atoms with Crippen molar-refractivity contribution in [2.24, 2.45) is 0 Å². The molecule has 160 valence electrons. The molecule has 0 N–H and O–H groups in total. The number of hydrogen-bond acceptors (Lipinski definition) is 3. The molecule has 2 amide bonds. The van der Waals surface area contributed by atoms with Gasteiger partial charge in [0.15, 0.2) is 6.61 Å². The average molecular weight is 441 g/mol. The van der Waals surface area contributed by atoms with Crippen molar-refractivity contribution >= 4 is 23.4 Å². The molecule has 1 saturated heterocycles. The Morgan fingerprint density at radius 1 is 0.900 bits per heavy atom. The number of carbonyl (C=O) groups is 2. The summed E-state index contributed by atoms with van der Waals surface area (Å²) in [6.07, 6.45) is -3.88. The van der Waals surface area contributed by atoms with E-state index in [1.54, 1.807) is 34.1 Å². The van der Waals surface area contributed by atoms with Crippen LogP contribution >= 0.6 is 11.6 Å². The molecular formula is C21H20ClF3N2O3. The van der Waals surface area contributed by atoms with Crippen molar-refractivity contribution < 1.29 is 27.5 Å². The van der Waals surface area contributed by atoms with Gasteiger partial charge >= 0.3 is 6.18 Å². The number of alkyl halides is 3. The zero-order valence-corrected chi connectivity index (χ0v) is 16.7. The van der Waals surface area contributed by atoms with Gasteiger partial charge in [-0.05, 0) is 55.0 Å². The summed E-state index contributed by atoms with van der Waals surface area (Å²) in [4.78, 5) is 28.2. The molecule has 0 bridgehead atoms. The van der Waals surface area contributed by atoms with E-state index in [0.717, 1.165) is 12.1 Å². The predicted octanol–water partition coefficient (Wildman–Crippen LogP) is 4.11. The van der Waals surface area contributed by atoms with Crippen molar-refractivity contribution in [3.05, 3.63) is 64.7 Å². The van der Waals surface area contributed by atoms with Crippen molar-refractivity contribution in [3.63, 3.8) is 0 Å². The molecule has 1 aliphatic heterocycles. The van der Waals surface area contributed by atoms with Crippen LogP contribution in [0.5, 0.6) is 5.75 Å². The summed E-state index contributed by atoms with van der Waals surface area (Å²) in [6.45, 7) is 1.39.